The Balaban J connectivity index is 1.87. The number of nitro benzene ring substituents is 1. The maximum Gasteiger partial charge on any atom is 0.416 e. The van der Waals surface area contributed by atoms with Gasteiger partial charge >= 0.3 is 6.18 Å². The van der Waals surface area contributed by atoms with Gasteiger partial charge in [0, 0.05) is 52.1 Å². The number of hydrogen-bond acceptors (Lipinski definition) is 5. The Morgan fingerprint density at radius 3 is 2.37 bits per heavy atom. The Bertz CT molecular complexity index is 778. The summed E-state index contributed by atoms with van der Waals surface area (Å²) < 4.78 is 38.6. The maximum atomic E-state index is 12.9. The summed E-state index contributed by atoms with van der Waals surface area (Å²) in [6.45, 7) is 3.34. The van der Waals surface area contributed by atoms with E-state index in [1.807, 2.05) is 0 Å². The average Bonchev–Trinajstić information content (AvgIpc) is 2.69. The molecule has 0 aromatic heterocycles. The van der Waals surface area contributed by atoms with Gasteiger partial charge in [-0.05, 0) is 25.0 Å². The van der Waals surface area contributed by atoms with Crippen molar-refractivity contribution in [2.45, 2.75) is 38.8 Å². The van der Waals surface area contributed by atoms with Crippen molar-refractivity contribution in [3.8, 4) is 0 Å². The fraction of sp³-hybridized carbons (Fsp3) is 0.579. The van der Waals surface area contributed by atoms with E-state index in [-0.39, 0.29) is 17.5 Å². The van der Waals surface area contributed by atoms with Crippen molar-refractivity contribution in [3.05, 3.63) is 33.9 Å². The molecule has 2 amide bonds. The van der Waals surface area contributed by atoms with E-state index in [2.05, 4.69) is 5.32 Å². The first kappa shape index (κ1) is 23.4. The molecule has 1 aliphatic rings. The Labute approximate surface area is 172 Å². The molecule has 0 spiro atoms. The van der Waals surface area contributed by atoms with E-state index in [9.17, 15) is 32.9 Å². The normalized spacial score (nSPS) is 14.5. The minimum Gasteiger partial charge on any atom is -0.362 e. The van der Waals surface area contributed by atoms with Crippen molar-refractivity contribution in [1.82, 2.24) is 10.2 Å². The Kier molecular flexibility index (Phi) is 8.01. The first-order valence-electron chi connectivity index (χ1n) is 9.72. The predicted molar refractivity (Wildman–Crippen MR) is 104 cm³/mol. The van der Waals surface area contributed by atoms with Gasteiger partial charge in [-0.15, -0.1) is 0 Å². The summed E-state index contributed by atoms with van der Waals surface area (Å²) in [5, 5.41) is 14.0. The number of nitrogens with one attached hydrogen (secondary N) is 1. The standard InChI is InChI=1S/C19H25F3N4O4/c1-14(27)23-8-4-2-3-5-18(28)25-11-9-24(10-12-25)16-7-6-15(19(20,21)22)13-17(16)26(29)30/h6-7,13H,2-5,8-12H2,1H3,(H,23,27). The third-order valence-corrected chi connectivity index (χ3v) is 4.91. The van der Waals surface area contributed by atoms with Gasteiger partial charge in [0.25, 0.3) is 5.69 Å². The first-order chi connectivity index (χ1) is 14.1. The molecule has 1 aliphatic heterocycles. The highest BCUT2D eigenvalue weighted by molar-refractivity contribution is 5.76. The van der Waals surface area contributed by atoms with Crippen molar-refractivity contribution in [3.63, 3.8) is 0 Å². The topological polar surface area (TPSA) is 95.8 Å². The number of benzene rings is 1. The highest BCUT2D eigenvalue weighted by Gasteiger charge is 2.34. The molecular formula is C19H25F3N4O4. The number of anilines is 1. The van der Waals surface area contributed by atoms with Crippen molar-refractivity contribution >= 4 is 23.2 Å². The monoisotopic (exact) mass is 430 g/mol. The molecule has 0 bridgehead atoms. The Morgan fingerprint density at radius 2 is 1.80 bits per heavy atom. The molecular weight excluding hydrogens is 405 g/mol. The van der Waals surface area contributed by atoms with Crippen molar-refractivity contribution in [2.75, 3.05) is 37.6 Å². The number of hydrogen-bond donors (Lipinski definition) is 1. The minimum absolute atomic E-state index is 0.0175. The number of rotatable bonds is 8. The SMILES string of the molecule is CC(=O)NCCCCCC(=O)N1CCN(c2ccc(C(F)(F)F)cc2[N+](=O)[O-])CC1. The van der Waals surface area contributed by atoms with Gasteiger partial charge in [0.05, 0.1) is 10.5 Å². The fourth-order valence-corrected chi connectivity index (χ4v) is 3.31. The predicted octanol–water partition coefficient (Wildman–Crippen LogP) is 2.96. The van der Waals surface area contributed by atoms with Crippen molar-refractivity contribution in [2.24, 2.45) is 0 Å². The highest BCUT2D eigenvalue weighted by atomic mass is 19.4. The van der Waals surface area contributed by atoms with Crippen LogP contribution in [0.1, 0.15) is 38.2 Å². The molecule has 1 saturated heterocycles. The summed E-state index contributed by atoms with van der Waals surface area (Å²) >= 11 is 0. The van der Waals surface area contributed by atoms with E-state index < -0.39 is 22.4 Å². The lowest BCUT2D eigenvalue weighted by Crippen LogP contribution is -2.48. The van der Waals surface area contributed by atoms with Gasteiger partial charge in [-0.3, -0.25) is 19.7 Å². The number of alkyl halides is 3. The van der Waals surface area contributed by atoms with Crippen LogP contribution < -0.4 is 10.2 Å². The number of piperazine rings is 1. The zero-order valence-corrected chi connectivity index (χ0v) is 16.7. The Morgan fingerprint density at radius 1 is 1.13 bits per heavy atom. The molecule has 0 aliphatic carbocycles. The lowest BCUT2D eigenvalue weighted by atomic mass is 10.1. The second-order valence-electron chi connectivity index (χ2n) is 7.12. The molecule has 1 aromatic rings. The first-order valence-corrected chi connectivity index (χ1v) is 9.72. The number of amides is 2. The van der Waals surface area contributed by atoms with Crippen LogP contribution >= 0.6 is 0 Å². The summed E-state index contributed by atoms with van der Waals surface area (Å²) in [6, 6.07) is 2.50. The van der Waals surface area contributed by atoms with E-state index >= 15 is 0 Å². The third-order valence-electron chi connectivity index (χ3n) is 4.91. The molecule has 0 radical (unpaired) electrons. The van der Waals surface area contributed by atoms with Crippen LogP contribution in [0.4, 0.5) is 24.5 Å². The molecule has 1 fully saturated rings. The number of carbonyl (C=O) groups is 2. The largest absolute Gasteiger partial charge is 0.416 e. The Hall–Kier alpha value is -2.85. The van der Waals surface area contributed by atoms with E-state index in [1.165, 1.54) is 6.92 Å². The van der Waals surface area contributed by atoms with Crippen LogP contribution in [0.15, 0.2) is 18.2 Å². The van der Waals surface area contributed by atoms with Gasteiger partial charge in [0.2, 0.25) is 11.8 Å². The van der Waals surface area contributed by atoms with Gasteiger partial charge < -0.3 is 15.1 Å². The second-order valence-corrected chi connectivity index (χ2v) is 7.12. The van der Waals surface area contributed by atoms with Crippen molar-refractivity contribution < 1.29 is 27.7 Å². The van der Waals surface area contributed by atoms with E-state index in [0.29, 0.717) is 51.6 Å². The fourth-order valence-electron chi connectivity index (χ4n) is 3.31. The second kappa shape index (κ2) is 10.3. The van der Waals surface area contributed by atoms with Crippen LogP contribution in [0.3, 0.4) is 0 Å². The molecule has 1 heterocycles. The van der Waals surface area contributed by atoms with E-state index in [0.717, 1.165) is 25.0 Å². The molecule has 0 saturated carbocycles. The number of unbranched alkanes of at least 4 members (excludes halogenated alkanes) is 2. The zero-order valence-electron chi connectivity index (χ0n) is 16.7. The van der Waals surface area contributed by atoms with Gasteiger partial charge in [0.1, 0.15) is 5.69 Å². The molecule has 0 unspecified atom stereocenters. The van der Waals surface area contributed by atoms with Gasteiger partial charge in [0.15, 0.2) is 0 Å². The lowest BCUT2D eigenvalue weighted by molar-refractivity contribution is -0.384. The summed E-state index contributed by atoms with van der Waals surface area (Å²) in [4.78, 5) is 36.8. The van der Waals surface area contributed by atoms with Gasteiger partial charge in [-0.25, -0.2) is 0 Å². The quantitative estimate of drug-likeness (QED) is 0.389. The molecule has 11 heteroatoms. The summed E-state index contributed by atoms with van der Waals surface area (Å²) in [5.74, 6) is -0.103. The summed E-state index contributed by atoms with van der Waals surface area (Å²) in [6.07, 6.45) is -1.98. The van der Waals surface area contributed by atoms with Crippen LogP contribution in [0.2, 0.25) is 0 Å². The zero-order chi connectivity index (χ0) is 22.3. The van der Waals surface area contributed by atoms with Crippen LogP contribution in [-0.2, 0) is 15.8 Å². The minimum atomic E-state index is -4.66. The summed E-state index contributed by atoms with van der Waals surface area (Å²) in [7, 11) is 0. The van der Waals surface area contributed by atoms with Crippen LogP contribution in [0, 0.1) is 10.1 Å². The molecule has 8 nitrogen and oxygen atoms in total. The third kappa shape index (κ3) is 6.60. The average molecular weight is 430 g/mol. The van der Waals surface area contributed by atoms with Crippen LogP contribution in [0.25, 0.3) is 0 Å². The van der Waals surface area contributed by atoms with Gasteiger partial charge in [-0.2, -0.15) is 13.2 Å². The number of carbonyl (C=O) groups excluding carboxylic acids is 2. The number of nitro groups is 1. The van der Waals surface area contributed by atoms with Crippen LogP contribution in [-0.4, -0.2) is 54.4 Å². The van der Waals surface area contributed by atoms with Gasteiger partial charge in [-0.1, -0.05) is 6.42 Å². The molecule has 166 valence electrons. The lowest BCUT2D eigenvalue weighted by Gasteiger charge is -2.36. The molecule has 1 aromatic carbocycles. The molecule has 1 N–H and O–H groups in total. The highest BCUT2D eigenvalue weighted by Crippen LogP contribution is 2.36. The number of nitrogens with zero attached hydrogens (tertiary/aromatic N) is 3. The smallest absolute Gasteiger partial charge is 0.362 e. The molecule has 0 atom stereocenters. The number of halogens is 3. The van der Waals surface area contributed by atoms with Crippen molar-refractivity contribution in [1.29, 1.82) is 0 Å². The maximum absolute atomic E-state index is 12.9. The van der Waals surface area contributed by atoms with E-state index in [1.54, 1.807) is 9.80 Å². The van der Waals surface area contributed by atoms with E-state index in [4.69, 9.17) is 0 Å². The molecule has 2 rings (SSSR count). The van der Waals surface area contributed by atoms with Crippen LogP contribution in [0.5, 0.6) is 0 Å². The summed E-state index contributed by atoms with van der Waals surface area (Å²) in [5.41, 5.74) is -1.54. The molecule has 30 heavy (non-hydrogen) atoms.